The Morgan fingerprint density at radius 3 is 2.59 bits per heavy atom. The average Bonchev–Trinajstić information content (AvgIpc) is 3.04. The van der Waals surface area contributed by atoms with Crippen molar-refractivity contribution in [2.24, 2.45) is 0 Å². The maximum Gasteiger partial charge on any atom is 0.306 e. The largest absolute Gasteiger partial charge is 0.493 e. The summed E-state index contributed by atoms with van der Waals surface area (Å²) < 4.78 is 16.7. The molecule has 4 nitrogen and oxygen atoms in total. The van der Waals surface area contributed by atoms with E-state index in [2.05, 4.69) is 25.1 Å². The molecule has 0 heterocycles. The molecule has 0 fully saturated rings. The molecule has 0 N–H and O–H groups in total. The van der Waals surface area contributed by atoms with Crippen molar-refractivity contribution in [1.82, 2.24) is 0 Å². The number of ether oxygens (including phenoxy) is 3. The highest BCUT2D eigenvalue weighted by Gasteiger charge is 2.25. The van der Waals surface area contributed by atoms with Gasteiger partial charge < -0.3 is 14.2 Å². The zero-order valence-corrected chi connectivity index (χ0v) is 16.2. The lowest BCUT2D eigenvalue weighted by atomic mass is 9.98. The number of aryl methyl sites for hydroxylation is 2. The molecule has 144 valence electrons. The van der Waals surface area contributed by atoms with Gasteiger partial charge in [0.2, 0.25) is 0 Å². The molecule has 0 saturated heterocycles. The van der Waals surface area contributed by atoms with Crippen LogP contribution in [0, 0.1) is 6.92 Å². The Bertz CT molecular complexity index is 769. The third-order valence-corrected chi connectivity index (χ3v) is 4.85. The highest BCUT2D eigenvalue weighted by molar-refractivity contribution is 5.71. The topological polar surface area (TPSA) is 44.8 Å². The highest BCUT2D eigenvalue weighted by atomic mass is 16.5. The molecule has 2 aromatic carbocycles. The van der Waals surface area contributed by atoms with E-state index in [0.29, 0.717) is 26.2 Å². The second kappa shape index (κ2) is 9.45. The van der Waals surface area contributed by atoms with Gasteiger partial charge in [0.25, 0.3) is 0 Å². The van der Waals surface area contributed by atoms with Crippen LogP contribution in [0.4, 0.5) is 0 Å². The van der Waals surface area contributed by atoms with Crippen molar-refractivity contribution in [3.63, 3.8) is 0 Å². The predicted octanol–water partition coefficient (Wildman–Crippen LogP) is 4.83. The van der Waals surface area contributed by atoms with Crippen molar-refractivity contribution in [3.8, 4) is 11.5 Å². The maximum absolute atomic E-state index is 11.7. The molecule has 0 unspecified atom stereocenters. The molecule has 1 atom stereocenters. The lowest BCUT2D eigenvalue weighted by molar-refractivity contribution is -0.143. The van der Waals surface area contributed by atoms with E-state index in [0.717, 1.165) is 30.8 Å². The molecule has 0 radical (unpaired) electrons. The van der Waals surface area contributed by atoms with Gasteiger partial charge >= 0.3 is 5.97 Å². The van der Waals surface area contributed by atoms with Crippen LogP contribution in [-0.2, 0) is 16.0 Å². The van der Waals surface area contributed by atoms with Gasteiger partial charge in [-0.05, 0) is 73.6 Å². The Morgan fingerprint density at radius 2 is 1.85 bits per heavy atom. The summed E-state index contributed by atoms with van der Waals surface area (Å²) in [5.74, 6) is 1.96. The van der Waals surface area contributed by atoms with E-state index in [1.807, 2.05) is 31.2 Å². The molecule has 0 aliphatic heterocycles. The highest BCUT2D eigenvalue weighted by Crippen LogP contribution is 2.37. The van der Waals surface area contributed by atoms with Crippen LogP contribution in [0.2, 0.25) is 0 Å². The molecule has 1 aliphatic carbocycles. The Morgan fingerprint density at radius 1 is 1.07 bits per heavy atom. The third kappa shape index (κ3) is 5.49. The normalized spacial score (nSPS) is 15.3. The van der Waals surface area contributed by atoms with Gasteiger partial charge in [-0.15, -0.1) is 0 Å². The maximum atomic E-state index is 11.7. The first-order valence-electron chi connectivity index (χ1n) is 9.76. The van der Waals surface area contributed by atoms with Gasteiger partial charge in [0, 0.05) is 6.42 Å². The van der Waals surface area contributed by atoms with Crippen molar-refractivity contribution in [2.75, 3.05) is 19.8 Å². The number of rotatable bonds is 9. The molecule has 0 saturated carbocycles. The SMILES string of the molecule is CCOC(=O)C[C@@H]1CCc2cc(OCCCOc3cccc(C)c3)ccc21. The molecule has 4 heteroatoms. The van der Waals surface area contributed by atoms with Gasteiger partial charge in [-0.3, -0.25) is 4.79 Å². The molecule has 0 aromatic heterocycles. The summed E-state index contributed by atoms with van der Waals surface area (Å²) in [6.07, 6.45) is 3.29. The second-order valence-electron chi connectivity index (χ2n) is 6.97. The van der Waals surface area contributed by atoms with Crippen LogP contribution in [0.25, 0.3) is 0 Å². The summed E-state index contributed by atoms with van der Waals surface area (Å²) in [6.45, 7) is 5.60. The van der Waals surface area contributed by atoms with Crippen molar-refractivity contribution in [2.45, 2.75) is 45.4 Å². The van der Waals surface area contributed by atoms with Crippen molar-refractivity contribution in [1.29, 1.82) is 0 Å². The average molecular weight is 368 g/mol. The fourth-order valence-electron chi connectivity index (χ4n) is 3.55. The molecule has 1 aliphatic rings. The number of fused-ring (bicyclic) bond motifs is 1. The third-order valence-electron chi connectivity index (χ3n) is 4.85. The zero-order chi connectivity index (χ0) is 19.1. The standard InChI is InChI=1S/C23H28O4/c1-3-25-23(24)16-19-9-8-18-15-21(10-11-22(18)19)27-13-5-12-26-20-7-4-6-17(2)14-20/h4,6-7,10-11,14-15,19H,3,5,8-9,12-13,16H2,1-2H3/t19-/m0/s1. The van der Waals surface area contributed by atoms with Crippen LogP contribution in [0.15, 0.2) is 42.5 Å². The van der Waals surface area contributed by atoms with E-state index in [-0.39, 0.29) is 11.9 Å². The molecule has 3 rings (SSSR count). The quantitative estimate of drug-likeness (QED) is 0.470. The lowest BCUT2D eigenvalue weighted by Gasteiger charge is -2.12. The first kappa shape index (κ1) is 19.3. The molecule has 27 heavy (non-hydrogen) atoms. The van der Waals surface area contributed by atoms with Crippen molar-refractivity contribution in [3.05, 3.63) is 59.2 Å². The molecule has 2 aromatic rings. The van der Waals surface area contributed by atoms with Crippen LogP contribution in [-0.4, -0.2) is 25.8 Å². The minimum Gasteiger partial charge on any atom is -0.493 e. The summed E-state index contributed by atoms with van der Waals surface area (Å²) in [7, 11) is 0. The first-order valence-corrected chi connectivity index (χ1v) is 9.76. The Balaban J connectivity index is 1.43. The number of benzene rings is 2. The second-order valence-corrected chi connectivity index (χ2v) is 6.97. The Hall–Kier alpha value is -2.49. The van der Waals surface area contributed by atoms with E-state index in [9.17, 15) is 4.79 Å². The molecule has 0 amide bonds. The summed E-state index contributed by atoms with van der Waals surface area (Å²) in [5.41, 5.74) is 3.75. The number of hydrogen-bond donors (Lipinski definition) is 0. The fraction of sp³-hybridized carbons (Fsp3) is 0.435. The van der Waals surface area contributed by atoms with Gasteiger partial charge in [-0.2, -0.15) is 0 Å². The summed E-state index contributed by atoms with van der Waals surface area (Å²) in [6, 6.07) is 14.3. The van der Waals surface area contributed by atoms with E-state index < -0.39 is 0 Å². The minimum absolute atomic E-state index is 0.107. The predicted molar refractivity (Wildman–Crippen MR) is 106 cm³/mol. The number of esters is 1. The van der Waals surface area contributed by atoms with Gasteiger partial charge in [-0.25, -0.2) is 0 Å². The Labute approximate surface area is 161 Å². The van der Waals surface area contributed by atoms with Gasteiger partial charge in [0.1, 0.15) is 11.5 Å². The lowest BCUT2D eigenvalue weighted by Crippen LogP contribution is -2.08. The fourth-order valence-corrected chi connectivity index (χ4v) is 3.55. The smallest absolute Gasteiger partial charge is 0.306 e. The number of carbonyl (C=O) groups excluding carboxylic acids is 1. The van der Waals surface area contributed by atoms with Crippen LogP contribution >= 0.6 is 0 Å². The van der Waals surface area contributed by atoms with Crippen LogP contribution in [0.3, 0.4) is 0 Å². The van der Waals surface area contributed by atoms with Gasteiger partial charge in [-0.1, -0.05) is 18.2 Å². The van der Waals surface area contributed by atoms with Crippen LogP contribution in [0.5, 0.6) is 11.5 Å². The van der Waals surface area contributed by atoms with Gasteiger partial charge in [0.05, 0.1) is 26.2 Å². The summed E-state index contributed by atoms with van der Waals surface area (Å²) in [4.78, 5) is 11.7. The zero-order valence-electron chi connectivity index (χ0n) is 16.2. The number of hydrogen-bond acceptors (Lipinski definition) is 4. The Kier molecular flexibility index (Phi) is 6.74. The molecular weight excluding hydrogens is 340 g/mol. The molecular formula is C23H28O4. The minimum atomic E-state index is -0.107. The monoisotopic (exact) mass is 368 g/mol. The van der Waals surface area contributed by atoms with Crippen LogP contribution < -0.4 is 9.47 Å². The van der Waals surface area contributed by atoms with Crippen LogP contribution in [0.1, 0.15) is 48.8 Å². The van der Waals surface area contributed by atoms with Gasteiger partial charge in [0.15, 0.2) is 0 Å². The van der Waals surface area contributed by atoms with Crippen molar-refractivity contribution >= 4 is 5.97 Å². The summed E-state index contributed by atoms with van der Waals surface area (Å²) >= 11 is 0. The van der Waals surface area contributed by atoms with E-state index >= 15 is 0 Å². The van der Waals surface area contributed by atoms with E-state index in [4.69, 9.17) is 14.2 Å². The van der Waals surface area contributed by atoms with E-state index in [1.54, 1.807) is 0 Å². The summed E-state index contributed by atoms with van der Waals surface area (Å²) in [5, 5.41) is 0. The van der Waals surface area contributed by atoms with E-state index in [1.165, 1.54) is 16.7 Å². The molecule has 0 bridgehead atoms. The first-order chi connectivity index (χ1) is 13.2. The van der Waals surface area contributed by atoms with Crippen molar-refractivity contribution < 1.29 is 19.0 Å². The number of carbonyl (C=O) groups is 1. The molecule has 0 spiro atoms.